The van der Waals surface area contributed by atoms with Crippen LogP contribution >= 0.6 is 0 Å². The molecule has 0 aliphatic heterocycles. The van der Waals surface area contributed by atoms with Gasteiger partial charge < -0.3 is 11.1 Å². The Balaban J connectivity index is 1.27. The number of hydrogen-bond donors (Lipinski definition) is 2. The van der Waals surface area contributed by atoms with Gasteiger partial charge in [0.05, 0.1) is 11.4 Å². The van der Waals surface area contributed by atoms with Crippen molar-refractivity contribution in [2.45, 2.75) is 13.8 Å². The summed E-state index contributed by atoms with van der Waals surface area (Å²) < 4.78 is 0. The summed E-state index contributed by atoms with van der Waals surface area (Å²) in [5.41, 5.74) is 24.6. The highest BCUT2D eigenvalue weighted by Gasteiger charge is 2.19. The van der Waals surface area contributed by atoms with Gasteiger partial charge in [-0.3, -0.25) is 0 Å². The maximum atomic E-state index is 6.33. The van der Waals surface area contributed by atoms with Crippen LogP contribution < -0.4 is 11.1 Å². The van der Waals surface area contributed by atoms with Crippen molar-refractivity contribution in [2.24, 2.45) is 0 Å². The molecule has 9 aromatic carbocycles. The Bertz CT molecular complexity index is 3010. The summed E-state index contributed by atoms with van der Waals surface area (Å²) in [5, 5.41) is 8.07. The van der Waals surface area contributed by atoms with E-state index in [-0.39, 0.29) is 0 Å². The van der Waals surface area contributed by atoms with Crippen molar-refractivity contribution >= 4 is 38.5 Å². The first-order valence-corrected chi connectivity index (χ1v) is 20.4. The molecule has 284 valence electrons. The van der Waals surface area contributed by atoms with Gasteiger partial charge in [-0.05, 0) is 156 Å². The number of rotatable bonds is 9. The fourth-order valence-electron chi connectivity index (χ4n) is 8.54. The summed E-state index contributed by atoms with van der Waals surface area (Å²) in [5.74, 6) is 0. The largest absolute Gasteiger partial charge is 0.397 e. The van der Waals surface area contributed by atoms with E-state index < -0.39 is 0 Å². The lowest BCUT2D eigenvalue weighted by Crippen LogP contribution is -1.95. The van der Waals surface area contributed by atoms with E-state index in [2.05, 4.69) is 213 Å². The molecule has 9 rings (SSSR count). The Kier molecular flexibility index (Phi) is 10.2. The molecule has 0 amide bonds. The normalized spacial score (nSPS) is 11.7. The Morgan fingerprint density at radius 2 is 0.831 bits per heavy atom. The molecule has 59 heavy (non-hydrogen) atoms. The van der Waals surface area contributed by atoms with Crippen molar-refractivity contribution in [3.63, 3.8) is 0 Å². The van der Waals surface area contributed by atoms with Crippen LogP contribution in [0, 0.1) is 0 Å². The van der Waals surface area contributed by atoms with Gasteiger partial charge in [-0.1, -0.05) is 164 Å². The van der Waals surface area contributed by atoms with E-state index in [4.69, 9.17) is 5.73 Å². The fraction of sp³-hybridized carbons (Fsp3) is 0.0526. The molecule has 0 saturated carbocycles. The average Bonchev–Trinajstić information content (AvgIpc) is 3.30. The average molecular weight is 759 g/mol. The Morgan fingerprint density at radius 3 is 1.31 bits per heavy atom. The van der Waals surface area contributed by atoms with Crippen molar-refractivity contribution in [1.82, 2.24) is 0 Å². The topological polar surface area (TPSA) is 38.0 Å². The van der Waals surface area contributed by atoms with E-state index in [1.807, 2.05) is 19.2 Å². The predicted octanol–water partition coefficient (Wildman–Crippen LogP) is 15.6. The lowest BCUT2D eigenvalue weighted by Gasteiger charge is -2.20. The van der Waals surface area contributed by atoms with Crippen LogP contribution in [-0.4, -0.2) is 7.05 Å². The molecule has 0 atom stereocenters. The molecule has 0 fully saturated rings. The van der Waals surface area contributed by atoms with E-state index in [0.717, 1.165) is 22.5 Å². The van der Waals surface area contributed by atoms with Crippen molar-refractivity contribution in [2.75, 3.05) is 18.1 Å². The van der Waals surface area contributed by atoms with Gasteiger partial charge >= 0.3 is 0 Å². The number of hydrogen-bond acceptors (Lipinski definition) is 2. The van der Waals surface area contributed by atoms with Gasteiger partial charge in [0.25, 0.3) is 0 Å². The third-order valence-electron chi connectivity index (χ3n) is 11.5. The molecule has 0 unspecified atom stereocenters. The molecule has 2 nitrogen and oxygen atoms in total. The highest BCUT2D eigenvalue weighted by Crippen LogP contribution is 2.46. The quantitative estimate of drug-likeness (QED) is 0.0874. The van der Waals surface area contributed by atoms with Crippen LogP contribution in [0.4, 0.5) is 11.4 Å². The van der Waals surface area contributed by atoms with Gasteiger partial charge in [-0.15, -0.1) is 0 Å². The Morgan fingerprint density at radius 1 is 0.407 bits per heavy atom. The number of allylic oxidation sites excluding steroid dienone is 4. The van der Waals surface area contributed by atoms with Crippen LogP contribution in [0.1, 0.15) is 19.4 Å². The summed E-state index contributed by atoms with van der Waals surface area (Å²) in [6.45, 7) is 4.19. The number of nitrogens with two attached hydrogens (primary N) is 1. The molecular formula is C57H46N2. The first-order valence-electron chi connectivity index (χ1n) is 20.4. The van der Waals surface area contributed by atoms with Crippen LogP contribution in [0.25, 0.3) is 93.9 Å². The van der Waals surface area contributed by atoms with E-state index in [9.17, 15) is 0 Å². The Labute approximate surface area is 347 Å². The highest BCUT2D eigenvalue weighted by molar-refractivity contribution is 6.22. The van der Waals surface area contributed by atoms with Gasteiger partial charge in [0.2, 0.25) is 0 Å². The monoisotopic (exact) mass is 758 g/mol. The molecule has 0 bridgehead atoms. The van der Waals surface area contributed by atoms with Crippen molar-refractivity contribution < 1.29 is 0 Å². The second-order valence-electron chi connectivity index (χ2n) is 15.0. The summed E-state index contributed by atoms with van der Waals surface area (Å²) in [4.78, 5) is 0. The number of fused-ring (bicyclic) bond motifs is 2. The summed E-state index contributed by atoms with van der Waals surface area (Å²) in [6.07, 6.45) is 6.51. The van der Waals surface area contributed by atoms with E-state index in [1.165, 1.54) is 88.3 Å². The van der Waals surface area contributed by atoms with Gasteiger partial charge in [0, 0.05) is 7.05 Å². The Hall–Kier alpha value is -7.42. The number of nitrogens with one attached hydrogen (secondary N) is 1. The first-order chi connectivity index (χ1) is 29.0. The molecule has 0 aliphatic carbocycles. The van der Waals surface area contributed by atoms with E-state index in [0.29, 0.717) is 0 Å². The third kappa shape index (κ3) is 7.22. The lowest BCUT2D eigenvalue weighted by atomic mass is 9.83. The molecule has 0 saturated heterocycles. The molecule has 0 aliphatic rings. The highest BCUT2D eigenvalue weighted by atomic mass is 14.8. The fourth-order valence-corrected chi connectivity index (χ4v) is 8.54. The molecule has 0 heterocycles. The van der Waals surface area contributed by atoms with Crippen molar-refractivity contribution in [1.29, 1.82) is 0 Å². The van der Waals surface area contributed by atoms with Crippen LogP contribution in [0.3, 0.4) is 0 Å². The summed E-state index contributed by atoms with van der Waals surface area (Å²) >= 11 is 0. The van der Waals surface area contributed by atoms with Gasteiger partial charge in [0.15, 0.2) is 0 Å². The summed E-state index contributed by atoms with van der Waals surface area (Å²) in [6, 6.07) is 68.6. The zero-order valence-corrected chi connectivity index (χ0v) is 33.7. The molecule has 0 spiro atoms. The van der Waals surface area contributed by atoms with Crippen molar-refractivity contribution in [3.8, 4) is 66.8 Å². The molecule has 9 aromatic rings. The zero-order valence-electron chi connectivity index (χ0n) is 33.7. The molecule has 0 radical (unpaired) electrons. The lowest BCUT2D eigenvalue weighted by molar-refractivity contribution is 1.50. The third-order valence-corrected chi connectivity index (χ3v) is 11.5. The van der Waals surface area contributed by atoms with E-state index >= 15 is 0 Å². The van der Waals surface area contributed by atoms with Gasteiger partial charge in [-0.2, -0.15) is 0 Å². The molecule has 0 aromatic heterocycles. The molecule has 2 heteroatoms. The minimum Gasteiger partial charge on any atom is -0.397 e. The van der Waals surface area contributed by atoms with E-state index in [1.54, 1.807) is 0 Å². The van der Waals surface area contributed by atoms with Gasteiger partial charge in [0.1, 0.15) is 0 Å². The maximum Gasteiger partial charge on any atom is 0.0571 e. The zero-order chi connectivity index (χ0) is 40.3. The second-order valence-corrected chi connectivity index (χ2v) is 15.0. The van der Waals surface area contributed by atoms with Gasteiger partial charge in [-0.25, -0.2) is 0 Å². The second kappa shape index (κ2) is 16.2. The molecule has 3 N–H and O–H groups in total. The van der Waals surface area contributed by atoms with Crippen LogP contribution in [0.5, 0.6) is 0 Å². The van der Waals surface area contributed by atoms with Crippen LogP contribution in [0.15, 0.2) is 206 Å². The minimum absolute atomic E-state index is 0.739. The maximum absolute atomic E-state index is 6.33. The smallest absolute Gasteiger partial charge is 0.0571 e. The SMILES string of the molecule is C/C=C\C(=C/C)c1cc(-c2ccccc2)cc(-c2ccc3c(-c4ccccc4)c4cc(-c5ccc(-c6ccc(NC)c(N)c6)cc5)ccc4c(-c4ccccc4)c3c2)c1. The summed E-state index contributed by atoms with van der Waals surface area (Å²) in [7, 11) is 1.89. The minimum atomic E-state index is 0.739. The number of benzene rings is 9. The number of anilines is 2. The van der Waals surface area contributed by atoms with Crippen LogP contribution in [-0.2, 0) is 0 Å². The first kappa shape index (κ1) is 37.2. The number of nitrogen functional groups attached to an aromatic ring is 1. The predicted molar refractivity (Wildman–Crippen MR) is 256 cm³/mol. The standard InChI is InChI=1S/C57H46N2/c1-4-15-38(5-2)47-32-48(39-16-9-6-10-17-39)34-49(33-47)45-27-30-51-53(36-45)57(43-20-13-8-14-21-43)50-29-26-44(35-52(50)56(51)42-18-11-7-12-19-42)40-22-24-41(25-23-40)46-28-31-55(59-3)54(58)37-46/h4-37,59H,58H2,1-3H3/b15-4-,38-5+. The molecular weight excluding hydrogens is 713 g/mol. The van der Waals surface area contributed by atoms with Crippen LogP contribution in [0.2, 0.25) is 0 Å². The van der Waals surface area contributed by atoms with Crippen molar-refractivity contribution in [3.05, 3.63) is 212 Å².